The van der Waals surface area contributed by atoms with Crippen molar-refractivity contribution in [3.05, 3.63) is 24.3 Å². The van der Waals surface area contributed by atoms with E-state index in [1.807, 2.05) is 12.1 Å². The zero-order valence-corrected chi connectivity index (χ0v) is 12.9. The molecule has 0 heterocycles. The van der Waals surface area contributed by atoms with Gasteiger partial charge in [0.05, 0.1) is 13.0 Å². The second kappa shape index (κ2) is 4.22. The zero-order valence-electron chi connectivity index (χ0n) is 11.1. The van der Waals surface area contributed by atoms with Crippen molar-refractivity contribution < 1.29 is 8.42 Å². The van der Waals surface area contributed by atoms with Crippen molar-refractivity contribution in [2.75, 3.05) is 0 Å². The summed E-state index contributed by atoms with van der Waals surface area (Å²) in [5.41, 5.74) is 0. The van der Waals surface area contributed by atoms with Gasteiger partial charge in [0.1, 0.15) is 0 Å². The van der Waals surface area contributed by atoms with Gasteiger partial charge in [-0.25, -0.2) is 13.6 Å². The summed E-state index contributed by atoms with van der Waals surface area (Å²) in [6, 6.07) is 7.10. The Balaban J connectivity index is 3.54. The highest BCUT2D eigenvalue weighted by Gasteiger charge is 2.39. The topological polar surface area (TPSA) is 60.2 Å². The molecule has 3 nitrogen and oxygen atoms in total. The van der Waals surface area contributed by atoms with Gasteiger partial charge in [0.2, 0.25) is 10.0 Å². The van der Waals surface area contributed by atoms with Crippen LogP contribution >= 0.6 is 0 Å². The van der Waals surface area contributed by atoms with Gasteiger partial charge in [-0.05, 0) is 16.3 Å². The Kier molecular flexibility index (Phi) is 3.58. The van der Waals surface area contributed by atoms with Crippen LogP contribution in [0.1, 0.15) is 20.8 Å². The molecule has 0 fully saturated rings. The lowest BCUT2D eigenvalue weighted by Gasteiger charge is -2.38. The number of benzene rings is 1. The van der Waals surface area contributed by atoms with Gasteiger partial charge < -0.3 is 0 Å². The number of hydrogen-bond acceptors (Lipinski definition) is 2. The molecule has 0 saturated carbocycles. The molecule has 0 unspecified atom stereocenters. The van der Waals surface area contributed by atoms with Gasteiger partial charge in [0.15, 0.2) is 0 Å². The highest BCUT2D eigenvalue weighted by Crippen LogP contribution is 2.36. The summed E-state index contributed by atoms with van der Waals surface area (Å²) in [4.78, 5) is 0.284. The average Bonchev–Trinajstić information content (AvgIpc) is 2.14. The minimum absolute atomic E-state index is 0.0772. The number of sulfonamides is 1. The molecule has 0 spiro atoms. The van der Waals surface area contributed by atoms with Crippen LogP contribution in [0.4, 0.5) is 0 Å². The SMILES string of the molecule is CC(C)(C)[Si](C)(C)c1ccccc1S(N)(=O)=O. The zero-order chi connectivity index (χ0) is 13.5. The van der Waals surface area contributed by atoms with Crippen LogP contribution in [-0.2, 0) is 10.0 Å². The monoisotopic (exact) mass is 271 g/mol. The summed E-state index contributed by atoms with van der Waals surface area (Å²) in [6.07, 6.45) is 0. The standard InChI is InChI=1S/C12H21NO2SSi/c1-12(2,3)17(4,5)11-9-7-6-8-10(11)16(13,14)15/h6-9H,1-5H3,(H2,13,14,15). The molecule has 0 aromatic heterocycles. The van der Waals surface area contributed by atoms with E-state index in [2.05, 4.69) is 33.9 Å². The van der Waals surface area contributed by atoms with Gasteiger partial charge in [-0.1, -0.05) is 52.1 Å². The molecule has 0 radical (unpaired) electrons. The predicted molar refractivity (Wildman–Crippen MR) is 74.6 cm³/mol. The maximum Gasteiger partial charge on any atom is 0.237 e. The summed E-state index contributed by atoms with van der Waals surface area (Å²) in [5, 5.41) is 6.28. The fourth-order valence-corrected chi connectivity index (χ4v) is 5.49. The maximum atomic E-state index is 11.6. The van der Waals surface area contributed by atoms with Crippen LogP contribution in [0.3, 0.4) is 0 Å². The Morgan fingerprint density at radius 1 is 1.12 bits per heavy atom. The largest absolute Gasteiger partial charge is 0.237 e. The van der Waals surface area contributed by atoms with Crippen molar-refractivity contribution in [3.63, 3.8) is 0 Å². The van der Waals surface area contributed by atoms with E-state index in [9.17, 15) is 8.42 Å². The molecule has 1 aromatic carbocycles. The molecular weight excluding hydrogens is 250 g/mol. The van der Waals surface area contributed by atoms with Gasteiger partial charge in [-0.2, -0.15) is 0 Å². The molecule has 0 amide bonds. The lowest BCUT2D eigenvalue weighted by atomic mass is 10.2. The van der Waals surface area contributed by atoms with Crippen molar-refractivity contribution in [3.8, 4) is 0 Å². The molecule has 0 atom stereocenters. The van der Waals surface area contributed by atoms with Crippen molar-refractivity contribution in [2.24, 2.45) is 5.14 Å². The first-order valence-corrected chi connectivity index (χ1v) is 10.1. The summed E-state index contributed by atoms with van der Waals surface area (Å²) < 4.78 is 23.3. The third-order valence-electron chi connectivity index (χ3n) is 3.74. The Labute approximate surface area is 105 Å². The van der Waals surface area contributed by atoms with Crippen LogP contribution in [-0.4, -0.2) is 16.5 Å². The lowest BCUT2D eigenvalue weighted by Crippen LogP contribution is -2.51. The number of hydrogen-bond donors (Lipinski definition) is 1. The van der Waals surface area contributed by atoms with E-state index in [0.29, 0.717) is 0 Å². The van der Waals surface area contributed by atoms with E-state index < -0.39 is 18.1 Å². The molecule has 5 heteroatoms. The van der Waals surface area contributed by atoms with Gasteiger partial charge in [-0.3, -0.25) is 0 Å². The third-order valence-corrected chi connectivity index (χ3v) is 10.4. The molecule has 17 heavy (non-hydrogen) atoms. The van der Waals surface area contributed by atoms with Crippen LogP contribution in [0.25, 0.3) is 0 Å². The molecule has 0 saturated heterocycles. The quantitative estimate of drug-likeness (QED) is 0.837. The summed E-state index contributed by atoms with van der Waals surface area (Å²) >= 11 is 0. The number of primary sulfonamides is 1. The first-order valence-electron chi connectivity index (χ1n) is 5.60. The normalized spacial score (nSPS) is 13.8. The van der Waals surface area contributed by atoms with E-state index in [-0.39, 0.29) is 9.93 Å². The van der Waals surface area contributed by atoms with E-state index in [1.165, 1.54) is 0 Å². The van der Waals surface area contributed by atoms with E-state index in [0.717, 1.165) is 5.19 Å². The van der Waals surface area contributed by atoms with Crippen LogP contribution in [0.15, 0.2) is 29.2 Å². The minimum atomic E-state index is -3.64. The van der Waals surface area contributed by atoms with Gasteiger partial charge in [-0.15, -0.1) is 0 Å². The molecule has 1 aromatic rings. The second-order valence-corrected chi connectivity index (χ2v) is 12.7. The fourth-order valence-electron chi connectivity index (χ4n) is 1.64. The first kappa shape index (κ1) is 14.4. The molecule has 1 rings (SSSR count). The third kappa shape index (κ3) is 2.78. The minimum Gasteiger partial charge on any atom is -0.225 e. The molecular formula is C12H21NO2SSi. The predicted octanol–water partition coefficient (Wildman–Crippen LogP) is 2.05. The molecule has 96 valence electrons. The average molecular weight is 271 g/mol. The van der Waals surface area contributed by atoms with Crippen LogP contribution in [0, 0.1) is 0 Å². The fraction of sp³-hybridized carbons (Fsp3) is 0.500. The molecule has 0 aliphatic carbocycles. The van der Waals surface area contributed by atoms with Gasteiger partial charge in [0, 0.05) is 0 Å². The van der Waals surface area contributed by atoms with Gasteiger partial charge >= 0.3 is 0 Å². The second-order valence-electron chi connectivity index (χ2n) is 5.92. The summed E-state index contributed by atoms with van der Waals surface area (Å²) in [7, 11) is -5.54. The van der Waals surface area contributed by atoms with Crippen LogP contribution in [0.5, 0.6) is 0 Å². The highest BCUT2D eigenvalue weighted by molar-refractivity contribution is 7.89. The molecule has 0 bridgehead atoms. The Bertz CT molecular complexity index is 516. The van der Waals surface area contributed by atoms with Crippen molar-refractivity contribution in [1.29, 1.82) is 0 Å². The van der Waals surface area contributed by atoms with Crippen LogP contribution < -0.4 is 10.3 Å². The van der Waals surface area contributed by atoms with Crippen molar-refractivity contribution >= 4 is 23.3 Å². The Morgan fingerprint density at radius 3 is 2.00 bits per heavy atom. The van der Waals surface area contributed by atoms with E-state index in [1.54, 1.807) is 12.1 Å². The molecule has 2 N–H and O–H groups in total. The molecule has 0 aliphatic heterocycles. The molecule has 0 aliphatic rings. The summed E-state index contributed by atoms with van der Waals surface area (Å²) in [5.74, 6) is 0. The van der Waals surface area contributed by atoms with Crippen molar-refractivity contribution in [1.82, 2.24) is 0 Å². The number of rotatable bonds is 2. The first-order chi connectivity index (χ1) is 7.48. The lowest BCUT2D eigenvalue weighted by molar-refractivity contribution is 0.598. The number of nitrogens with two attached hydrogens (primary N) is 1. The van der Waals surface area contributed by atoms with Crippen molar-refractivity contribution in [2.45, 2.75) is 43.8 Å². The Morgan fingerprint density at radius 2 is 1.59 bits per heavy atom. The smallest absolute Gasteiger partial charge is 0.225 e. The van der Waals surface area contributed by atoms with Crippen LogP contribution in [0.2, 0.25) is 18.1 Å². The van der Waals surface area contributed by atoms with E-state index in [4.69, 9.17) is 5.14 Å². The highest BCUT2D eigenvalue weighted by atomic mass is 32.2. The van der Waals surface area contributed by atoms with E-state index >= 15 is 0 Å². The maximum absolute atomic E-state index is 11.6. The van der Waals surface area contributed by atoms with Gasteiger partial charge in [0.25, 0.3) is 0 Å². The summed E-state index contributed by atoms with van der Waals surface area (Å²) in [6.45, 7) is 10.8. The Hall–Kier alpha value is -0.653.